The predicted octanol–water partition coefficient (Wildman–Crippen LogP) is 3.88. The molecule has 2 heterocycles. The fourth-order valence-corrected chi connectivity index (χ4v) is 4.29. The van der Waals surface area contributed by atoms with E-state index >= 15 is 0 Å². The molecule has 1 fully saturated rings. The van der Waals surface area contributed by atoms with Crippen LogP contribution >= 0.6 is 0 Å². The zero-order chi connectivity index (χ0) is 23.4. The number of hydrogen-bond acceptors (Lipinski definition) is 3. The van der Waals surface area contributed by atoms with E-state index in [2.05, 4.69) is 5.32 Å². The van der Waals surface area contributed by atoms with Crippen molar-refractivity contribution in [1.82, 2.24) is 14.4 Å². The zero-order valence-electron chi connectivity index (χ0n) is 19.2. The third-order valence-electron chi connectivity index (χ3n) is 6.21. The molecule has 1 aliphatic rings. The van der Waals surface area contributed by atoms with Gasteiger partial charge in [0.1, 0.15) is 6.54 Å². The number of benzene rings is 2. The lowest BCUT2D eigenvalue weighted by Gasteiger charge is -2.19. The van der Waals surface area contributed by atoms with Gasteiger partial charge in [0.25, 0.3) is 5.91 Å². The fraction of sp³-hybridized carbons (Fsp3) is 0.346. The van der Waals surface area contributed by atoms with Gasteiger partial charge in [-0.2, -0.15) is 0 Å². The molecule has 3 amide bonds. The molecule has 0 bridgehead atoms. The Balaban J connectivity index is 1.40. The highest BCUT2D eigenvalue weighted by atomic mass is 16.2. The van der Waals surface area contributed by atoms with Crippen molar-refractivity contribution in [1.29, 1.82) is 0 Å². The van der Waals surface area contributed by atoms with E-state index in [1.165, 1.54) is 0 Å². The Hall–Kier alpha value is -3.61. The van der Waals surface area contributed by atoms with Crippen molar-refractivity contribution < 1.29 is 14.4 Å². The standard InChI is InChI=1S/C26H30N4O3/c1-3-28(4-2)25(32)18-29-15-13-21-16-22(11-12-23(21)29)27-26(33)20-9-7-19(8-10-20)17-30-14-5-6-24(30)31/h7-13,15-16H,3-6,14,17-18H2,1-2H3,(H,27,33). The number of anilines is 1. The zero-order valence-corrected chi connectivity index (χ0v) is 19.2. The highest BCUT2D eigenvalue weighted by Gasteiger charge is 2.20. The summed E-state index contributed by atoms with van der Waals surface area (Å²) in [5.41, 5.74) is 3.24. The van der Waals surface area contributed by atoms with Gasteiger partial charge in [-0.1, -0.05) is 12.1 Å². The average molecular weight is 447 g/mol. The van der Waals surface area contributed by atoms with Crippen molar-refractivity contribution in [2.24, 2.45) is 0 Å². The van der Waals surface area contributed by atoms with Crippen LogP contribution in [0.15, 0.2) is 54.7 Å². The molecule has 172 valence electrons. The Morgan fingerprint density at radius 2 is 1.79 bits per heavy atom. The first kappa shape index (κ1) is 22.6. The molecule has 0 spiro atoms. The first-order chi connectivity index (χ1) is 16.0. The van der Waals surface area contributed by atoms with Gasteiger partial charge in [-0.25, -0.2) is 0 Å². The highest BCUT2D eigenvalue weighted by Crippen LogP contribution is 2.22. The quantitative estimate of drug-likeness (QED) is 0.571. The van der Waals surface area contributed by atoms with Crippen molar-refractivity contribution in [3.8, 4) is 0 Å². The molecule has 7 nitrogen and oxygen atoms in total. The maximum atomic E-state index is 12.7. The summed E-state index contributed by atoms with van der Waals surface area (Å²) in [5, 5.41) is 3.91. The molecule has 33 heavy (non-hydrogen) atoms. The summed E-state index contributed by atoms with van der Waals surface area (Å²) in [6, 6.07) is 15.0. The summed E-state index contributed by atoms with van der Waals surface area (Å²) in [6.45, 7) is 7.04. The summed E-state index contributed by atoms with van der Waals surface area (Å²) in [5.74, 6) is 0.0974. The lowest BCUT2D eigenvalue weighted by Crippen LogP contribution is -2.33. The van der Waals surface area contributed by atoms with E-state index in [0.29, 0.717) is 43.9 Å². The molecule has 3 aromatic rings. The SMILES string of the molecule is CCN(CC)C(=O)Cn1ccc2cc(NC(=O)c3ccc(CN4CCCC4=O)cc3)ccc21. The van der Waals surface area contributed by atoms with Gasteiger partial charge in [0.15, 0.2) is 0 Å². The van der Waals surface area contributed by atoms with Crippen molar-refractivity contribution in [3.63, 3.8) is 0 Å². The van der Waals surface area contributed by atoms with E-state index < -0.39 is 0 Å². The van der Waals surface area contributed by atoms with Crippen LogP contribution < -0.4 is 5.32 Å². The van der Waals surface area contributed by atoms with Gasteiger partial charge in [-0.3, -0.25) is 14.4 Å². The second kappa shape index (κ2) is 9.90. The first-order valence-corrected chi connectivity index (χ1v) is 11.5. The number of rotatable bonds is 8. The van der Waals surface area contributed by atoms with E-state index in [-0.39, 0.29) is 17.7 Å². The summed E-state index contributed by atoms with van der Waals surface area (Å²) in [7, 11) is 0. The van der Waals surface area contributed by atoms with Crippen molar-refractivity contribution >= 4 is 34.3 Å². The van der Waals surface area contributed by atoms with E-state index in [9.17, 15) is 14.4 Å². The topological polar surface area (TPSA) is 74.7 Å². The van der Waals surface area contributed by atoms with Crippen LogP contribution in [0, 0.1) is 0 Å². The Bertz CT molecular complexity index is 1160. The summed E-state index contributed by atoms with van der Waals surface area (Å²) in [6.07, 6.45) is 3.45. The minimum absolute atomic E-state index is 0.0902. The molecule has 0 saturated carbocycles. The molecular weight excluding hydrogens is 416 g/mol. The third-order valence-corrected chi connectivity index (χ3v) is 6.21. The Labute approximate surface area is 194 Å². The van der Waals surface area contributed by atoms with Crippen molar-refractivity contribution in [2.75, 3.05) is 25.0 Å². The van der Waals surface area contributed by atoms with Gasteiger partial charge >= 0.3 is 0 Å². The summed E-state index contributed by atoms with van der Waals surface area (Å²) >= 11 is 0. The van der Waals surface area contributed by atoms with Crippen LogP contribution in [-0.2, 0) is 22.7 Å². The van der Waals surface area contributed by atoms with Crippen LogP contribution in [0.1, 0.15) is 42.6 Å². The van der Waals surface area contributed by atoms with Crippen LogP contribution in [0.3, 0.4) is 0 Å². The van der Waals surface area contributed by atoms with E-state index in [4.69, 9.17) is 0 Å². The molecule has 2 aromatic carbocycles. The van der Waals surface area contributed by atoms with Crippen LogP contribution in [0.5, 0.6) is 0 Å². The van der Waals surface area contributed by atoms with Gasteiger partial charge in [-0.15, -0.1) is 0 Å². The number of nitrogens with one attached hydrogen (secondary N) is 1. The minimum Gasteiger partial charge on any atom is -0.342 e. The molecule has 1 N–H and O–H groups in total. The number of likely N-dealkylation sites (tertiary alicyclic amines) is 1. The molecule has 0 unspecified atom stereocenters. The number of fused-ring (bicyclic) bond motifs is 1. The summed E-state index contributed by atoms with van der Waals surface area (Å²) in [4.78, 5) is 40.6. The van der Waals surface area contributed by atoms with Crippen LogP contribution in [-0.4, -0.2) is 51.7 Å². The largest absolute Gasteiger partial charge is 0.342 e. The molecule has 1 saturated heterocycles. The number of aromatic nitrogens is 1. The number of carbonyl (C=O) groups is 3. The van der Waals surface area contributed by atoms with Gasteiger partial charge in [-0.05, 0) is 62.2 Å². The van der Waals surface area contributed by atoms with Gasteiger partial charge in [0.2, 0.25) is 11.8 Å². The minimum atomic E-state index is -0.186. The average Bonchev–Trinajstić information content (AvgIpc) is 3.40. The molecule has 7 heteroatoms. The lowest BCUT2D eigenvalue weighted by atomic mass is 10.1. The molecule has 0 radical (unpaired) electrons. The second-order valence-electron chi connectivity index (χ2n) is 8.35. The normalized spacial score (nSPS) is 13.5. The Morgan fingerprint density at radius 1 is 1.03 bits per heavy atom. The van der Waals surface area contributed by atoms with Gasteiger partial charge < -0.3 is 19.7 Å². The number of nitrogens with zero attached hydrogens (tertiary/aromatic N) is 3. The maximum absolute atomic E-state index is 12.7. The smallest absolute Gasteiger partial charge is 0.255 e. The highest BCUT2D eigenvalue weighted by molar-refractivity contribution is 6.05. The first-order valence-electron chi connectivity index (χ1n) is 11.5. The molecule has 0 aliphatic carbocycles. The lowest BCUT2D eigenvalue weighted by molar-refractivity contribution is -0.131. The molecular formula is C26H30N4O3. The predicted molar refractivity (Wildman–Crippen MR) is 129 cm³/mol. The summed E-state index contributed by atoms with van der Waals surface area (Å²) < 4.78 is 1.94. The molecule has 4 rings (SSSR count). The molecule has 1 aromatic heterocycles. The van der Waals surface area contributed by atoms with Crippen molar-refractivity contribution in [2.45, 2.75) is 39.8 Å². The number of hydrogen-bond donors (Lipinski definition) is 1. The second-order valence-corrected chi connectivity index (χ2v) is 8.35. The van der Waals surface area contributed by atoms with Crippen LogP contribution in [0.4, 0.5) is 5.69 Å². The van der Waals surface area contributed by atoms with Gasteiger partial charge in [0, 0.05) is 61.0 Å². The number of amides is 3. The van der Waals surface area contributed by atoms with Crippen LogP contribution in [0.2, 0.25) is 0 Å². The maximum Gasteiger partial charge on any atom is 0.255 e. The molecule has 0 atom stereocenters. The fourth-order valence-electron chi connectivity index (χ4n) is 4.29. The van der Waals surface area contributed by atoms with E-state index in [1.54, 1.807) is 12.1 Å². The Morgan fingerprint density at radius 3 is 2.45 bits per heavy atom. The number of likely N-dealkylation sites (N-methyl/N-ethyl adjacent to an activating group) is 1. The Kier molecular flexibility index (Phi) is 6.77. The van der Waals surface area contributed by atoms with Crippen molar-refractivity contribution in [3.05, 3.63) is 65.9 Å². The number of carbonyl (C=O) groups excluding carboxylic acids is 3. The van der Waals surface area contributed by atoms with Crippen LogP contribution in [0.25, 0.3) is 10.9 Å². The van der Waals surface area contributed by atoms with E-state index in [1.807, 2.05) is 70.8 Å². The van der Waals surface area contributed by atoms with Gasteiger partial charge in [0.05, 0.1) is 0 Å². The third kappa shape index (κ3) is 5.08. The molecule has 1 aliphatic heterocycles. The van der Waals surface area contributed by atoms with E-state index in [0.717, 1.165) is 29.4 Å². The monoisotopic (exact) mass is 446 g/mol.